The second-order valence-electron chi connectivity index (χ2n) is 5.85. The largest absolute Gasteiger partial charge is 0.538 e. The number of hydrogen-bond donors (Lipinski definition) is 1. The molecule has 0 bridgehead atoms. The Kier molecular flexibility index (Phi) is 6.54. The van der Waals surface area contributed by atoms with Crippen molar-refractivity contribution in [3.05, 3.63) is 54.6 Å². The van der Waals surface area contributed by atoms with Crippen molar-refractivity contribution in [1.82, 2.24) is 5.27 Å². The van der Waals surface area contributed by atoms with Crippen LogP contribution < -0.4 is 19.8 Å². The number of para-hydroxylation sites is 3. The van der Waals surface area contributed by atoms with Crippen LogP contribution in [0, 0.1) is 0 Å². The van der Waals surface area contributed by atoms with Gasteiger partial charge in [-0.1, -0.05) is 37.3 Å². The van der Waals surface area contributed by atoms with E-state index in [1.54, 1.807) is 12.1 Å². The lowest BCUT2D eigenvalue weighted by Gasteiger charge is -2.15. The predicted octanol–water partition coefficient (Wildman–Crippen LogP) is 2.93. The van der Waals surface area contributed by atoms with Crippen LogP contribution >= 0.6 is 11.8 Å². The Labute approximate surface area is 167 Å². The molecule has 0 saturated carbocycles. The summed E-state index contributed by atoms with van der Waals surface area (Å²) in [5.74, 6) is -0.193. The fourth-order valence-electron chi connectivity index (χ4n) is 2.59. The molecule has 0 aliphatic heterocycles. The van der Waals surface area contributed by atoms with Crippen LogP contribution in [0.25, 0.3) is 5.69 Å². The number of hydrogen-bond acceptors (Lipinski definition) is 6. The van der Waals surface area contributed by atoms with E-state index < -0.39 is 11.2 Å². The summed E-state index contributed by atoms with van der Waals surface area (Å²) in [5.41, 5.74) is 1.28. The van der Waals surface area contributed by atoms with Gasteiger partial charge in [0.1, 0.15) is 5.75 Å². The number of carbonyl (C=O) groups is 1. The molecule has 3 aromatic rings. The quantitative estimate of drug-likeness (QED) is 0.463. The molecule has 2 aromatic carbocycles. The second kappa shape index (κ2) is 9.27. The van der Waals surface area contributed by atoms with Gasteiger partial charge in [-0.15, -0.1) is 0 Å². The Morgan fingerprint density at radius 3 is 2.64 bits per heavy atom. The first-order valence-corrected chi connectivity index (χ1v) is 9.85. The van der Waals surface area contributed by atoms with Gasteiger partial charge in [0.15, 0.2) is 5.95 Å². The van der Waals surface area contributed by atoms with Crippen LogP contribution in [-0.4, -0.2) is 23.0 Å². The molecule has 1 aromatic heterocycles. The molecule has 0 fully saturated rings. The average Bonchev–Trinajstić information content (AvgIpc) is 3.08. The number of nitrogens with one attached hydrogen (secondary N) is 1. The zero-order valence-electron chi connectivity index (χ0n) is 15.6. The van der Waals surface area contributed by atoms with E-state index in [2.05, 4.69) is 10.6 Å². The molecule has 1 atom stereocenters. The summed E-state index contributed by atoms with van der Waals surface area (Å²) < 4.78 is 11.8. The fraction of sp³-hybridized carbons (Fsp3) is 0.250. The van der Waals surface area contributed by atoms with Gasteiger partial charge in [0.05, 0.1) is 22.8 Å². The number of carbonyl (C=O) groups excluding carboxylic acids is 1. The number of benzene rings is 2. The first kappa shape index (κ1) is 19.8. The molecule has 0 spiro atoms. The van der Waals surface area contributed by atoms with Crippen molar-refractivity contribution < 1.29 is 23.8 Å². The Bertz CT molecular complexity index is 930. The number of thioether (sulfide) groups is 1. The maximum absolute atomic E-state index is 12.8. The Hall–Kier alpha value is -3.00. The average molecular weight is 399 g/mol. The van der Waals surface area contributed by atoms with Crippen molar-refractivity contribution in [1.29, 1.82) is 0 Å². The van der Waals surface area contributed by atoms with Crippen molar-refractivity contribution in [3.8, 4) is 17.4 Å². The van der Waals surface area contributed by atoms with Gasteiger partial charge < -0.3 is 19.7 Å². The van der Waals surface area contributed by atoms with Crippen LogP contribution in [0.5, 0.6) is 11.7 Å². The molecule has 1 unspecified atom stereocenters. The van der Waals surface area contributed by atoms with E-state index >= 15 is 0 Å². The molecule has 0 aliphatic rings. The molecular formula is C20H21N3O4S. The molecule has 8 heteroatoms. The van der Waals surface area contributed by atoms with Crippen molar-refractivity contribution in [2.75, 3.05) is 11.9 Å². The summed E-state index contributed by atoms with van der Waals surface area (Å²) in [4.78, 5) is 12.8. The number of nitrogens with zero attached hydrogens (tertiary/aromatic N) is 2. The monoisotopic (exact) mass is 399 g/mol. The topological polar surface area (TPSA) is 91.3 Å². The lowest BCUT2D eigenvalue weighted by molar-refractivity contribution is -0.705. The van der Waals surface area contributed by atoms with Crippen molar-refractivity contribution in [2.45, 2.75) is 30.5 Å². The highest BCUT2D eigenvalue weighted by atomic mass is 32.2. The summed E-state index contributed by atoms with van der Waals surface area (Å²) in [6.45, 7) is 4.26. The van der Waals surface area contributed by atoms with Crippen LogP contribution in [0.2, 0.25) is 0 Å². The normalized spacial score (nSPS) is 11.8. The van der Waals surface area contributed by atoms with Gasteiger partial charge in [-0.05, 0) is 41.9 Å². The minimum absolute atomic E-state index is 0.222. The third-order valence-electron chi connectivity index (χ3n) is 3.94. The molecule has 0 aliphatic carbocycles. The maximum atomic E-state index is 12.8. The van der Waals surface area contributed by atoms with Gasteiger partial charge in [0.25, 0.3) is 5.03 Å². The third-order valence-corrected chi connectivity index (χ3v) is 5.33. The lowest BCUT2D eigenvalue weighted by atomic mass is 10.2. The van der Waals surface area contributed by atoms with Crippen LogP contribution in [0.3, 0.4) is 0 Å². The van der Waals surface area contributed by atoms with E-state index in [1.807, 2.05) is 56.3 Å². The second-order valence-corrected chi connectivity index (χ2v) is 7.04. The number of ether oxygens (including phenoxy) is 1. The predicted molar refractivity (Wildman–Crippen MR) is 104 cm³/mol. The minimum atomic E-state index is -0.574. The number of amides is 1. The number of aromatic nitrogens is 2. The number of rotatable bonds is 8. The fourth-order valence-corrected chi connectivity index (χ4v) is 3.57. The van der Waals surface area contributed by atoms with Crippen molar-refractivity contribution >= 4 is 23.4 Å². The Morgan fingerprint density at radius 1 is 1.21 bits per heavy atom. The Morgan fingerprint density at radius 2 is 1.93 bits per heavy atom. The molecule has 0 saturated heterocycles. The number of anilines is 1. The first-order chi connectivity index (χ1) is 13.6. The molecule has 1 N–H and O–H groups in total. The molecule has 1 heterocycles. The van der Waals surface area contributed by atoms with Crippen molar-refractivity contribution in [3.63, 3.8) is 0 Å². The first-order valence-electron chi connectivity index (χ1n) is 8.97. The summed E-state index contributed by atoms with van der Waals surface area (Å²) in [6, 6.07) is 16.4. The standard InChI is InChI=1S/C20H21N3O4S/c1-3-17(18(24)21-15-12-8-9-13-16(15)26-4-2)28-19-20(25)27-22-23(19)14-10-6-5-7-11-14/h5-13,17H,3-4H2,1-2H3,(H-,21,22,24,25). The molecule has 28 heavy (non-hydrogen) atoms. The summed E-state index contributed by atoms with van der Waals surface area (Å²) in [6.07, 6.45) is 0.521. The zero-order chi connectivity index (χ0) is 19.9. The minimum Gasteiger partial charge on any atom is -0.538 e. The van der Waals surface area contributed by atoms with Gasteiger partial charge in [0.2, 0.25) is 11.6 Å². The Balaban J connectivity index is 1.80. The zero-order valence-corrected chi connectivity index (χ0v) is 16.4. The SMILES string of the molecule is CCOc1ccccc1NC(=O)C(CC)Sc1c([O-])on[n+]1-c1ccccc1. The van der Waals surface area contributed by atoms with Crippen LogP contribution in [0.1, 0.15) is 20.3 Å². The van der Waals surface area contributed by atoms with Crippen LogP contribution in [0.4, 0.5) is 5.69 Å². The lowest BCUT2D eigenvalue weighted by Crippen LogP contribution is -2.36. The van der Waals surface area contributed by atoms with Gasteiger partial charge in [-0.25, -0.2) is 0 Å². The highest BCUT2D eigenvalue weighted by molar-refractivity contribution is 8.00. The van der Waals surface area contributed by atoms with Gasteiger partial charge in [-0.2, -0.15) is 0 Å². The summed E-state index contributed by atoms with van der Waals surface area (Å²) in [7, 11) is 0. The molecule has 7 nitrogen and oxygen atoms in total. The molecule has 1 amide bonds. The van der Waals surface area contributed by atoms with E-state index in [4.69, 9.17) is 9.26 Å². The highest BCUT2D eigenvalue weighted by Gasteiger charge is 2.28. The third kappa shape index (κ3) is 4.45. The maximum Gasteiger partial charge on any atom is 0.298 e. The van der Waals surface area contributed by atoms with Crippen LogP contribution in [0.15, 0.2) is 64.1 Å². The molecule has 0 radical (unpaired) electrons. The van der Waals surface area contributed by atoms with Crippen molar-refractivity contribution in [2.24, 2.45) is 0 Å². The van der Waals surface area contributed by atoms with Gasteiger partial charge >= 0.3 is 0 Å². The van der Waals surface area contributed by atoms with E-state index in [9.17, 15) is 9.90 Å². The smallest absolute Gasteiger partial charge is 0.298 e. The van der Waals surface area contributed by atoms with E-state index in [0.717, 1.165) is 11.8 Å². The van der Waals surface area contributed by atoms with E-state index in [-0.39, 0.29) is 10.9 Å². The molecular weight excluding hydrogens is 378 g/mol. The van der Waals surface area contributed by atoms with Gasteiger partial charge in [-0.3, -0.25) is 4.79 Å². The van der Waals surface area contributed by atoms with E-state index in [0.29, 0.717) is 30.2 Å². The highest BCUT2D eigenvalue weighted by Crippen LogP contribution is 2.31. The van der Waals surface area contributed by atoms with E-state index in [1.165, 1.54) is 4.68 Å². The molecule has 3 rings (SSSR count). The van der Waals surface area contributed by atoms with Gasteiger partial charge in [0, 0.05) is 12.1 Å². The molecule has 146 valence electrons. The summed E-state index contributed by atoms with van der Waals surface area (Å²) >= 11 is 1.13. The van der Waals surface area contributed by atoms with Crippen LogP contribution in [-0.2, 0) is 4.79 Å². The summed E-state index contributed by atoms with van der Waals surface area (Å²) in [5, 5.41) is 18.6.